The van der Waals surface area contributed by atoms with Gasteiger partial charge in [-0.15, -0.1) is 0 Å². The Morgan fingerprint density at radius 3 is 2.45 bits per heavy atom. The van der Waals surface area contributed by atoms with Gasteiger partial charge in [-0.3, -0.25) is 9.35 Å². The zero-order valence-electron chi connectivity index (χ0n) is 16.1. The van der Waals surface area contributed by atoms with Gasteiger partial charge in [0.25, 0.3) is 0 Å². The molecule has 0 aromatic rings. The molecule has 3 aliphatic heterocycles. The van der Waals surface area contributed by atoms with Crippen molar-refractivity contribution >= 4 is 22.1 Å². The average molecular weight is 466 g/mol. The number of hydrogen-bond donors (Lipinski definition) is 1. The van der Waals surface area contributed by atoms with Crippen molar-refractivity contribution in [2.24, 2.45) is 17.8 Å². The third-order valence-corrected chi connectivity index (χ3v) is 8.48. The molecular weight excluding hydrogens is 446 g/mol. The second-order valence-corrected chi connectivity index (χ2v) is 11.0. The molecule has 6 atom stereocenters. The van der Waals surface area contributed by atoms with Crippen LogP contribution in [0.5, 0.6) is 0 Å². The monoisotopic (exact) mass is 466 g/mol. The fourth-order valence-electron chi connectivity index (χ4n) is 6.73. The van der Waals surface area contributed by atoms with Crippen molar-refractivity contribution in [3.63, 3.8) is 0 Å². The van der Waals surface area contributed by atoms with E-state index in [1.165, 1.54) is 0 Å². The molecule has 3 saturated heterocycles. The lowest BCUT2D eigenvalue weighted by atomic mass is 9.51. The van der Waals surface area contributed by atoms with Gasteiger partial charge in [-0.05, 0) is 38.0 Å². The topological polar surface area (TPSA) is 135 Å². The van der Waals surface area contributed by atoms with Gasteiger partial charge in [-0.25, -0.2) is 4.79 Å². The number of hydrogen-bond acceptors (Lipinski definition) is 9. The minimum Gasteiger partial charge on any atom is -0.456 e. The summed E-state index contributed by atoms with van der Waals surface area (Å²) < 4.78 is 86.9. The summed E-state index contributed by atoms with van der Waals surface area (Å²) in [6, 6.07) is 0. The number of halogens is 2. The molecule has 7 fully saturated rings. The maximum atomic E-state index is 13.8. The number of rotatable bonds is 3. The van der Waals surface area contributed by atoms with Crippen molar-refractivity contribution in [3.05, 3.63) is 0 Å². The molecule has 0 amide bonds. The molecule has 3 heterocycles. The maximum absolute atomic E-state index is 13.8. The highest BCUT2D eigenvalue weighted by molar-refractivity contribution is 7.87. The van der Waals surface area contributed by atoms with Gasteiger partial charge in [0.15, 0.2) is 24.3 Å². The van der Waals surface area contributed by atoms with Gasteiger partial charge in [0.05, 0.1) is 6.42 Å². The molecule has 13 heteroatoms. The molecule has 1 spiro atoms. The highest BCUT2D eigenvalue weighted by Gasteiger charge is 2.72. The fourth-order valence-corrected chi connectivity index (χ4v) is 6.98. The summed E-state index contributed by atoms with van der Waals surface area (Å²) in [5.74, 6) is -4.23. The first kappa shape index (κ1) is 20.2. The Bertz CT molecular complexity index is 950. The minimum absolute atomic E-state index is 0.0703. The number of carbonyl (C=O) groups excluding carboxylic acids is 2. The van der Waals surface area contributed by atoms with Gasteiger partial charge in [0.2, 0.25) is 0 Å². The predicted octanol–water partition coefficient (Wildman–Crippen LogP) is 0.741. The van der Waals surface area contributed by atoms with Crippen LogP contribution >= 0.6 is 0 Å². The predicted molar refractivity (Wildman–Crippen MR) is 90.7 cm³/mol. The Morgan fingerprint density at radius 2 is 1.81 bits per heavy atom. The van der Waals surface area contributed by atoms with Gasteiger partial charge >= 0.3 is 27.3 Å². The van der Waals surface area contributed by atoms with Gasteiger partial charge in [0.1, 0.15) is 11.7 Å². The lowest BCUT2D eigenvalue weighted by molar-refractivity contribution is -0.342. The molecule has 0 aromatic carbocycles. The van der Waals surface area contributed by atoms with Crippen molar-refractivity contribution in [1.82, 2.24) is 0 Å². The van der Waals surface area contributed by atoms with E-state index in [0.717, 1.165) is 0 Å². The van der Waals surface area contributed by atoms with Crippen molar-refractivity contribution in [2.45, 2.75) is 79.8 Å². The Morgan fingerprint density at radius 1 is 1.13 bits per heavy atom. The van der Waals surface area contributed by atoms with Crippen LogP contribution in [-0.2, 0) is 43.4 Å². The highest BCUT2D eigenvalue weighted by atomic mass is 32.2. The molecule has 31 heavy (non-hydrogen) atoms. The summed E-state index contributed by atoms with van der Waals surface area (Å²) in [7, 11) is -5.95. The van der Waals surface area contributed by atoms with Crippen molar-refractivity contribution in [3.8, 4) is 0 Å². The summed E-state index contributed by atoms with van der Waals surface area (Å²) >= 11 is 0. The van der Waals surface area contributed by atoms with E-state index in [1.807, 2.05) is 0 Å². The van der Waals surface area contributed by atoms with Crippen molar-refractivity contribution in [2.75, 3.05) is 0 Å². The lowest BCUT2D eigenvalue weighted by Gasteiger charge is -2.62. The van der Waals surface area contributed by atoms with Crippen LogP contribution in [0.3, 0.4) is 0 Å². The summed E-state index contributed by atoms with van der Waals surface area (Å²) in [6.07, 6.45) is -0.181. The number of alkyl halides is 2. The fraction of sp³-hybridized carbons (Fsp3) is 0.889. The smallest absolute Gasteiger partial charge is 0.456 e. The van der Waals surface area contributed by atoms with Crippen LogP contribution in [0.1, 0.15) is 38.5 Å². The molecule has 7 rings (SSSR count). The van der Waals surface area contributed by atoms with Crippen molar-refractivity contribution in [1.29, 1.82) is 0 Å². The molecule has 4 bridgehead atoms. The summed E-state index contributed by atoms with van der Waals surface area (Å²) in [6.45, 7) is 0. The molecule has 1 N–H and O–H groups in total. The maximum Gasteiger partial charge on any atom is 0.465 e. The highest BCUT2D eigenvalue weighted by Crippen LogP contribution is 2.65. The van der Waals surface area contributed by atoms with Crippen LogP contribution in [0.2, 0.25) is 0 Å². The van der Waals surface area contributed by atoms with Crippen molar-refractivity contribution < 1.29 is 55.0 Å². The Labute approximate surface area is 175 Å². The second-order valence-electron chi connectivity index (χ2n) is 9.53. The van der Waals surface area contributed by atoms with E-state index in [2.05, 4.69) is 0 Å². The molecular formula is C18H20F2O10S. The molecule has 0 aromatic heterocycles. The Balaban J connectivity index is 1.24. The lowest BCUT2D eigenvalue weighted by Crippen LogP contribution is -2.66. The number of carbonyl (C=O) groups is 2. The van der Waals surface area contributed by atoms with E-state index in [4.69, 9.17) is 28.2 Å². The van der Waals surface area contributed by atoms with Gasteiger partial charge in [-0.2, -0.15) is 17.2 Å². The van der Waals surface area contributed by atoms with Crippen LogP contribution in [0.4, 0.5) is 8.78 Å². The third kappa shape index (κ3) is 2.63. The number of ether oxygens (including phenoxy) is 5. The first-order chi connectivity index (χ1) is 14.4. The van der Waals surface area contributed by atoms with Crippen LogP contribution < -0.4 is 0 Å². The SMILES string of the molecule is O=C1CC2OC3OC4(OC3C2O1)C1CC2CC4CC(OC(=O)C(F)(F)S(=O)(=O)O)(C2)C1. The molecule has 6 unspecified atom stereocenters. The third-order valence-electron chi connectivity index (χ3n) is 7.67. The van der Waals surface area contributed by atoms with E-state index in [1.54, 1.807) is 0 Å². The molecule has 172 valence electrons. The van der Waals surface area contributed by atoms with Gasteiger partial charge in [0, 0.05) is 11.8 Å². The van der Waals surface area contributed by atoms with Crippen LogP contribution in [0, 0.1) is 17.8 Å². The Kier molecular flexibility index (Phi) is 3.87. The number of fused-ring (bicyclic) bond motifs is 3. The van der Waals surface area contributed by atoms with E-state index in [0.29, 0.717) is 19.3 Å². The normalized spacial score (nSPS) is 49.9. The summed E-state index contributed by atoms with van der Waals surface area (Å²) in [5.41, 5.74) is -1.28. The minimum atomic E-state index is -5.95. The van der Waals surface area contributed by atoms with Gasteiger partial charge < -0.3 is 23.7 Å². The molecule has 4 saturated carbocycles. The quantitative estimate of drug-likeness (QED) is 0.469. The van der Waals surface area contributed by atoms with E-state index in [-0.39, 0.29) is 43.0 Å². The summed E-state index contributed by atoms with van der Waals surface area (Å²) in [5, 5.41) is -5.04. The molecule has 10 nitrogen and oxygen atoms in total. The van der Waals surface area contributed by atoms with Crippen LogP contribution in [0.15, 0.2) is 0 Å². The Hall–Kier alpha value is -1.41. The molecule has 4 aliphatic carbocycles. The average Bonchev–Trinajstić information content (AvgIpc) is 3.26. The second kappa shape index (κ2) is 5.93. The first-order valence-corrected chi connectivity index (χ1v) is 11.7. The van der Waals surface area contributed by atoms with E-state index in [9.17, 15) is 26.8 Å². The zero-order chi connectivity index (χ0) is 22.0. The van der Waals surface area contributed by atoms with E-state index < -0.39 is 57.3 Å². The summed E-state index contributed by atoms with van der Waals surface area (Å²) in [4.78, 5) is 23.6. The van der Waals surface area contributed by atoms with Crippen LogP contribution in [-0.4, -0.2) is 66.2 Å². The number of esters is 2. The molecule has 7 aliphatic rings. The standard InChI is InChI=1S/C18H20F2O10S/c19-18(20,31(23,24)25)15(22)30-16-4-7-1-8(5-16)17(9(2-7)6-16)28-13-12-10(3-11(21)27-12)26-14(13)29-17/h7-10,12-14H,1-6H2,(H,23,24,25). The van der Waals surface area contributed by atoms with E-state index >= 15 is 0 Å². The zero-order valence-corrected chi connectivity index (χ0v) is 16.9. The van der Waals surface area contributed by atoms with Gasteiger partial charge in [-0.1, -0.05) is 0 Å². The largest absolute Gasteiger partial charge is 0.465 e. The first-order valence-electron chi connectivity index (χ1n) is 10.2. The molecule has 0 radical (unpaired) electrons. The van der Waals surface area contributed by atoms with Crippen LogP contribution in [0.25, 0.3) is 0 Å².